The van der Waals surface area contributed by atoms with Crippen molar-refractivity contribution < 1.29 is 5.11 Å². The van der Waals surface area contributed by atoms with Crippen molar-refractivity contribution in [1.29, 1.82) is 5.41 Å². The van der Waals surface area contributed by atoms with Crippen molar-refractivity contribution in [3.05, 3.63) is 0 Å². The molecule has 0 spiro atoms. The molecule has 0 heterocycles. The van der Waals surface area contributed by atoms with Gasteiger partial charge < -0.3 is 10.8 Å². The fourth-order valence-electron chi connectivity index (χ4n) is 0. The van der Waals surface area contributed by atoms with Crippen LogP contribution in [-0.4, -0.2) is 17.5 Å². The van der Waals surface area contributed by atoms with Gasteiger partial charge in [-0.1, -0.05) is 0 Å². The molecule has 0 fully saturated rings. The van der Waals surface area contributed by atoms with E-state index in [0.717, 1.165) is 0 Å². The van der Waals surface area contributed by atoms with Gasteiger partial charge in [-0.3, -0.25) is 5.41 Å². The highest BCUT2D eigenvalue weighted by Gasteiger charge is 1.72. The smallest absolute Gasteiger partial charge is 0.117 e. The van der Waals surface area contributed by atoms with Crippen LogP contribution in [-0.2, 0) is 0 Å². The molecule has 0 aromatic heterocycles. The van der Waals surface area contributed by atoms with E-state index in [-0.39, 0.29) is 29.4 Å². The lowest BCUT2D eigenvalue weighted by molar-refractivity contribution is 0.355. The number of nitrogens with two attached hydrogens (primary N) is 1. The van der Waals surface area contributed by atoms with Crippen molar-refractivity contribution in [2.45, 2.75) is 0 Å². The van der Waals surface area contributed by atoms with Crippen LogP contribution in [0.25, 0.3) is 0 Å². The average molecular weight is 155 g/mol. The summed E-state index contributed by atoms with van der Waals surface area (Å²) in [5.41, 5.74) is 4.62. The summed E-state index contributed by atoms with van der Waals surface area (Å²) < 4.78 is 0. The van der Waals surface area contributed by atoms with E-state index in [1.165, 1.54) is 0 Å². The summed E-state index contributed by atoms with van der Waals surface area (Å²) in [6, 6.07) is 0. The summed E-state index contributed by atoms with van der Waals surface area (Å²) >= 11 is 0. The second kappa shape index (κ2) is 4.91. The van der Waals surface area contributed by atoms with E-state index in [0.29, 0.717) is 0 Å². The van der Waals surface area contributed by atoms with Crippen LogP contribution in [0.4, 0.5) is 0 Å². The molecule has 0 amide bonds. The zero-order valence-corrected chi connectivity index (χ0v) is 4.85. The largest absolute Gasteiger partial charge is 0.388 e. The first-order chi connectivity index (χ1) is 2.27. The Hall–Kier alpha value is -0.0900. The lowest BCUT2D eigenvalue weighted by Gasteiger charge is -1.78. The molecule has 0 bridgehead atoms. The lowest BCUT2D eigenvalue weighted by Crippen LogP contribution is -2.13. The van der Waals surface area contributed by atoms with E-state index in [4.69, 9.17) is 10.5 Å². The highest BCUT2D eigenvalue weighted by atomic mass is 79.9. The standard InChI is InChI=1S/C2H6N2O.BrH/c3-2(4)1-5;/h5H,1H2,(H3,3,4);1H. The van der Waals surface area contributed by atoms with Crippen LogP contribution in [0.3, 0.4) is 0 Å². The molecule has 0 aliphatic heterocycles. The van der Waals surface area contributed by atoms with Crippen molar-refractivity contribution >= 4 is 22.8 Å². The zero-order valence-electron chi connectivity index (χ0n) is 3.14. The molecule has 0 aromatic rings. The van der Waals surface area contributed by atoms with E-state index in [9.17, 15) is 0 Å². The Morgan fingerprint density at radius 3 is 2.00 bits per heavy atom. The predicted molar refractivity (Wildman–Crippen MR) is 29.3 cm³/mol. The average Bonchev–Trinajstić information content (AvgIpc) is 1.38. The van der Waals surface area contributed by atoms with E-state index < -0.39 is 0 Å². The summed E-state index contributed by atoms with van der Waals surface area (Å²) in [5, 5.41) is 14.1. The van der Waals surface area contributed by atoms with Crippen molar-refractivity contribution in [2.24, 2.45) is 5.73 Å². The number of halogens is 1. The molecule has 38 valence electrons. The molecule has 0 unspecified atom stereocenters. The Balaban J connectivity index is 0. The summed E-state index contributed by atoms with van der Waals surface area (Å²) in [7, 11) is 0. The van der Waals surface area contributed by atoms with Gasteiger partial charge in [0.1, 0.15) is 5.84 Å². The van der Waals surface area contributed by atoms with Gasteiger partial charge in [-0.25, -0.2) is 0 Å². The van der Waals surface area contributed by atoms with Gasteiger partial charge in [-0.15, -0.1) is 17.0 Å². The Labute approximate surface area is 46.4 Å². The van der Waals surface area contributed by atoms with Crippen LogP contribution in [0.5, 0.6) is 0 Å². The van der Waals surface area contributed by atoms with Crippen LogP contribution in [0.1, 0.15) is 0 Å². The molecule has 6 heavy (non-hydrogen) atoms. The molecule has 0 radical (unpaired) electrons. The highest BCUT2D eigenvalue weighted by Crippen LogP contribution is 1.44. The fourth-order valence-corrected chi connectivity index (χ4v) is 0. The van der Waals surface area contributed by atoms with Gasteiger partial charge in [0.15, 0.2) is 0 Å². The Bertz CT molecular complexity index is 46.8. The Morgan fingerprint density at radius 1 is 1.83 bits per heavy atom. The van der Waals surface area contributed by atoms with Gasteiger partial charge >= 0.3 is 0 Å². The van der Waals surface area contributed by atoms with Crippen LogP contribution >= 0.6 is 17.0 Å². The van der Waals surface area contributed by atoms with Gasteiger partial charge in [0.05, 0.1) is 6.61 Å². The van der Waals surface area contributed by atoms with Crippen LogP contribution in [0.2, 0.25) is 0 Å². The minimum absolute atomic E-state index is 0. The molecular formula is C2H7BrN2O. The second-order valence-corrected chi connectivity index (χ2v) is 0.683. The van der Waals surface area contributed by atoms with Gasteiger partial charge in [-0.05, 0) is 0 Å². The minimum atomic E-state index is -0.333. The maximum atomic E-state index is 7.79. The summed E-state index contributed by atoms with van der Waals surface area (Å²) in [5.74, 6) is -0.190. The maximum Gasteiger partial charge on any atom is 0.117 e. The normalized spacial score (nSPS) is 6.17. The molecule has 4 heteroatoms. The van der Waals surface area contributed by atoms with Gasteiger partial charge in [0, 0.05) is 0 Å². The number of hydrogen-bond donors (Lipinski definition) is 3. The first-order valence-corrected chi connectivity index (χ1v) is 1.21. The molecule has 0 saturated heterocycles. The summed E-state index contributed by atoms with van der Waals surface area (Å²) in [4.78, 5) is 0. The zero-order chi connectivity index (χ0) is 4.28. The predicted octanol–water partition coefficient (Wildman–Crippen LogP) is -0.507. The molecule has 0 aliphatic rings. The maximum absolute atomic E-state index is 7.79. The fraction of sp³-hybridized carbons (Fsp3) is 0.500. The van der Waals surface area contributed by atoms with Crippen molar-refractivity contribution in [3.8, 4) is 0 Å². The SMILES string of the molecule is Br.N=C(N)CO. The molecule has 4 N–H and O–H groups in total. The molecular weight excluding hydrogens is 148 g/mol. The number of nitrogens with one attached hydrogen (secondary N) is 1. The van der Waals surface area contributed by atoms with Crippen LogP contribution in [0.15, 0.2) is 0 Å². The highest BCUT2D eigenvalue weighted by molar-refractivity contribution is 8.93. The first kappa shape index (κ1) is 9.32. The van der Waals surface area contributed by atoms with Gasteiger partial charge in [0.2, 0.25) is 0 Å². The van der Waals surface area contributed by atoms with Gasteiger partial charge in [-0.2, -0.15) is 0 Å². The van der Waals surface area contributed by atoms with Crippen molar-refractivity contribution in [3.63, 3.8) is 0 Å². The number of hydrogen-bond acceptors (Lipinski definition) is 2. The Morgan fingerprint density at radius 2 is 2.00 bits per heavy atom. The third-order valence-corrected chi connectivity index (χ3v) is 0.170. The van der Waals surface area contributed by atoms with E-state index in [2.05, 4.69) is 5.73 Å². The number of aliphatic hydroxyl groups excluding tert-OH is 1. The topological polar surface area (TPSA) is 70.1 Å². The molecule has 0 saturated carbocycles. The monoisotopic (exact) mass is 154 g/mol. The number of aliphatic hydroxyl groups is 1. The van der Waals surface area contributed by atoms with Crippen LogP contribution < -0.4 is 5.73 Å². The van der Waals surface area contributed by atoms with Crippen molar-refractivity contribution in [1.82, 2.24) is 0 Å². The molecule has 0 aromatic carbocycles. The Kier molecular flexibility index (Phi) is 7.63. The molecule has 0 rings (SSSR count). The lowest BCUT2D eigenvalue weighted by atomic mass is 10.7. The number of amidine groups is 1. The summed E-state index contributed by atoms with van der Waals surface area (Å²) in [6.45, 7) is -0.333. The second-order valence-electron chi connectivity index (χ2n) is 0.683. The van der Waals surface area contributed by atoms with Crippen LogP contribution in [0, 0.1) is 5.41 Å². The number of rotatable bonds is 1. The minimum Gasteiger partial charge on any atom is -0.388 e. The van der Waals surface area contributed by atoms with E-state index in [1.807, 2.05) is 0 Å². The first-order valence-electron chi connectivity index (χ1n) is 1.21. The summed E-state index contributed by atoms with van der Waals surface area (Å²) in [6.07, 6.45) is 0. The van der Waals surface area contributed by atoms with E-state index >= 15 is 0 Å². The van der Waals surface area contributed by atoms with E-state index in [1.54, 1.807) is 0 Å². The van der Waals surface area contributed by atoms with Gasteiger partial charge in [0.25, 0.3) is 0 Å². The quantitative estimate of drug-likeness (QED) is 0.352. The molecule has 3 nitrogen and oxygen atoms in total. The third kappa shape index (κ3) is 9.08. The molecule has 0 aliphatic carbocycles. The molecule has 0 atom stereocenters. The third-order valence-electron chi connectivity index (χ3n) is 0.170. The van der Waals surface area contributed by atoms with Crippen molar-refractivity contribution in [2.75, 3.05) is 6.61 Å².